The summed E-state index contributed by atoms with van der Waals surface area (Å²) in [6, 6.07) is 5.05. The highest BCUT2D eigenvalue weighted by Gasteiger charge is 2.27. The number of ether oxygens (including phenoxy) is 5. The summed E-state index contributed by atoms with van der Waals surface area (Å²) >= 11 is 0. The summed E-state index contributed by atoms with van der Waals surface area (Å²) < 4.78 is 25.9. The molecule has 1 rings (SSSR count). The molecule has 0 aliphatic carbocycles. The Bertz CT molecular complexity index is 930. The maximum absolute atomic E-state index is 12.8. The van der Waals surface area contributed by atoms with E-state index in [1.807, 2.05) is 0 Å². The van der Waals surface area contributed by atoms with Gasteiger partial charge in [-0.25, -0.2) is 4.79 Å². The number of methoxy groups -OCH3 is 1. The van der Waals surface area contributed by atoms with Crippen molar-refractivity contribution in [3.05, 3.63) is 29.8 Å². The predicted octanol–water partition coefficient (Wildman–Crippen LogP) is 0.575. The third-order valence-electron chi connectivity index (χ3n) is 5.71. The molecule has 0 aliphatic heterocycles. The number of hydrogen-bond acceptors (Lipinski definition) is 10. The molecule has 14 nitrogen and oxygen atoms in total. The van der Waals surface area contributed by atoms with Gasteiger partial charge in [0.05, 0.1) is 66.6 Å². The minimum absolute atomic E-state index is 0.0641. The van der Waals surface area contributed by atoms with Gasteiger partial charge in [-0.05, 0) is 30.5 Å². The minimum atomic E-state index is -0.836. The molecule has 0 aromatic heterocycles. The SMILES string of the molecule is COC(=O)NCCOCCOCCOCCOCCC(=O)N[C@H](C(=O)N[C@@H](C)C(=O)Nc1ccc(CO)cc1)C(C)C. The number of aliphatic hydroxyl groups excluding tert-OH is 1. The molecule has 0 bridgehead atoms. The topological polar surface area (TPSA) is 183 Å². The molecule has 5 N–H and O–H groups in total. The highest BCUT2D eigenvalue weighted by atomic mass is 16.6. The fourth-order valence-electron chi connectivity index (χ4n) is 3.32. The van der Waals surface area contributed by atoms with Crippen molar-refractivity contribution in [2.45, 2.75) is 45.9 Å². The van der Waals surface area contributed by atoms with E-state index in [4.69, 9.17) is 24.1 Å². The molecule has 1 aromatic rings. The van der Waals surface area contributed by atoms with Gasteiger partial charge in [-0.2, -0.15) is 0 Å². The molecule has 0 saturated heterocycles. The average molecular weight is 599 g/mol. The number of hydrogen-bond donors (Lipinski definition) is 5. The lowest BCUT2D eigenvalue weighted by molar-refractivity contribution is -0.132. The highest BCUT2D eigenvalue weighted by molar-refractivity contribution is 5.98. The van der Waals surface area contributed by atoms with Gasteiger partial charge in [0.2, 0.25) is 17.7 Å². The fraction of sp³-hybridized carbons (Fsp3) is 0.643. The fourth-order valence-corrected chi connectivity index (χ4v) is 3.32. The number of aliphatic hydroxyl groups is 1. The molecule has 1 aromatic carbocycles. The van der Waals surface area contributed by atoms with Crippen LogP contribution in [0.4, 0.5) is 10.5 Å². The van der Waals surface area contributed by atoms with Crippen molar-refractivity contribution >= 4 is 29.5 Å². The molecule has 4 amide bonds. The average Bonchev–Trinajstić information content (AvgIpc) is 2.97. The molecular formula is C28H46N4O10. The Morgan fingerprint density at radius 3 is 1.83 bits per heavy atom. The summed E-state index contributed by atoms with van der Waals surface area (Å²) in [5.74, 6) is -1.42. The number of carbonyl (C=O) groups excluding carboxylic acids is 4. The molecule has 0 heterocycles. The monoisotopic (exact) mass is 598 g/mol. The third kappa shape index (κ3) is 16.8. The lowest BCUT2D eigenvalue weighted by Gasteiger charge is -2.24. The summed E-state index contributed by atoms with van der Waals surface area (Å²) in [6.07, 6.45) is -0.438. The number of anilines is 1. The van der Waals surface area contributed by atoms with Gasteiger partial charge >= 0.3 is 6.09 Å². The Morgan fingerprint density at radius 2 is 1.31 bits per heavy atom. The van der Waals surface area contributed by atoms with Crippen LogP contribution in [0.15, 0.2) is 24.3 Å². The van der Waals surface area contributed by atoms with Crippen molar-refractivity contribution < 1.29 is 48.0 Å². The lowest BCUT2D eigenvalue weighted by Crippen LogP contribution is -2.53. The Morgan fingerprint density at radius 1 is 0.762 bits per heavy atom. The van der Waals surface area contributed by atoms with Crippen molar-refractivity contribution in [2.75, 3.05) is 71.8 Å². The van der Waals surface area contributed by atoms with Gasteiger partial charge in [-0.3, -0.25) is 14.4 Å². The van der Waals surface area contributed by atoms with E-state index in [-0.39, 0.29) is 31.5 Å². The van der Waals surface area contributed by atoms with E-state index in [1.165, 1.54) is 7.11 Å². The van der Waals surface area contributed by atoms with Crippen LogP contribution in [0.3, 0.4) is 0 Å². The van der Waals surface area contributed by atoms with E-state index in [9.17, 15) is 19.2 Å². The lowest BCUT2D eigenvalue weighted by atomic mass is 10.0. The summed E-state index contributed by atoms with van der Waals surface area (Å²) in [5, 5.41) is 19.7. The molecule has 0 saturated carbocycles. The second-order valence-electron chi connectivity index (χ2n) is 9.48. The van der Waals surface area contributed by atoms with Crippen molar-refractivity contribution in [2.24, 2.45) is 5.92 Å². The summed E-state index contributed by atoms with van der Waals surface area (Å²) in [6.45, 7) is 8.13. The number of alkyl carbamates (subject to hydrolysis) is 1. The Hall–Kier alpha value is -3.30. The van der Waals surface area contributed by atoms with Crippen LogP contribution in [0, 0.1) is 5.92 Å². The zero-order chi connectivity index (χ0) is 31.2. The number of amides is 4. The zero-order valence-corrected chi connectivity index (χ0v) is 24.9. The van der Waals surface area contributed by atoms with Crippen LogP contribution in [-0.4, -0.2) is 108 Å². The van der Waals surface area contributed by atoms with E-state index in [2.05, 4.69) is 26.0 Å². The maximum Gasteiger partial charge on any atom is 0.406 e. The summed E-state index contributed by atoms with van der Waals surface area (Å²) in [7, 11) is 1.29. The second-order valence-corrected chi connectivity index (χ2v) is 9.48. The molecule has 0 aliphatic rings. The molecule has 0 radical (unpaired) electrons. The molecule has 0 unspecified atom stereocenters. The van der Waals surface area contributed by atoms with Gasteiger partial charge in [0.15, 0.2) is 0 Å². The molecule has 14 heteroatoms. The van der Waals surface area contributed by atoms with Gasteiger partial charge in [0.25, 0.3) is 0 Å². The van der Waals surface area contributed by atoms with E-state index in [1.54, 1.807) is 45.0 Å². The number of rotatable bonds is 22. The second kappa shape index (κ2) is 22.3. The van der Waals surface area contributed by atoms with E-state index < -0.39 is 30.0 Å². The quantitative estimate of drug-likeness (QED) is 0.118. The molecule has 42 heavy (non-hydrogen) atoms. The smallest absolute Gasteiger partial charge is 0.406 e. The van der Waals surface area contributed by atoms with Crippen LogP contribution < -0.4 is 21.3 Å². The Balaban J connectivity index is 2.15. The molecule has 0 fully saturated rings. The van der Waals surface area contributed by atoms with E-state index >= 15 is 0 Å². The first kappa shape index (κ1) is 36.7. The number of nitrogens with one attached hydrogen (secondary N) is 4. The minimum Gasteiger partial charge on any atom is -0.453 e. The van der Waals surface area contributed by atoms with Crippen molar-refractivity contribution in [1.29, 1.82) is 0 Å². The van der Waals surface area contributed by atoms with Crippen LogP contribution in [0.2, 0.25) is 0 Å². The summed E-state index contributed by atoms with van der Waals surface area (Å²) in [5.41, 5.74) is 1.25. The third-order valence-corrected chi connectivity index (χ3v) is 5.71. The Kier molecular flexibility index (Phi) is 19.5. The number of benzene rings is 1. The van der Waals surface area contributed by atoms with E-state index in [0.29, 0.717) is 64.0 Å². The van der Waals surface area contributed by atoms with Gasteiger partial charge < -0.3 is 50.1 Å². The maximum atomic E-state index is 12.8. The van der Waals surface area contributed by atoms with Crippen LogP contribution in [0.1, 0.15) is 32.8 Å². The van der Waals surface area contributed by atoms with Gasteiger partial charge in [0, 0.05) is 18.7 Å². The van der Waals surface area contributed by atoms with Crippen LogP contribution in [0.5, 0.6) is 0 Å². The van der Waals surface area contributed by atoms with E-state index in [0.717, 1.165) is 0 Å². The molecular weight excluding hydrogens is 552 g/mol. The normalized spacial score (nSPS) is 12.3. The first-order valence-corrected chi connectivity index (χ1v) is 13.9. The highest BCUT2D eigenvalue weighted by Crippen LogP contribution is 2.10. The largest absolute Gasteiger partial charge is 0.453 e. The predicted molar refractivity (Wildman–Crippen MR) is 154 cm³/mol. The van der Waals surface area contributed by atoms with Crippen LogP contribution >= 0.6 is 0 Å². The van der Waals surface area contributed by atoms with Gasteiger partial charge in [-0.1, -0.05) is 26.0 Å². The van der Waals surface area contributed by atoms with Gasteiger partial charge in [0.1, 0.15) is 12.1 Å². The molecule has 0 spiro atoms. The van der Waals surface area contributed by atoms with Crippen LogP contribution in [-0.2, 0) is 44.7 Å². The summed E-state index contributed by atoms with van der Waals surface area (Å²) in [4.78, 5) is 48.5. The van der Waals surface area contributed by atoms with Crippen LogP contribution in [0.25, 0.3) is 0 Å². The number of carbonyl (C=O) groups is 4. The standard InChI is InChI=1S/C28H46N4O10/c1-20(2)25(27(36)30-21(3)26(35)31-23-7-5-22(19-33)6-8-23)32-24(34)9-11-39-13-15-41-17-18-42-16-14-40-12-10-29-28(37)38-4/h5-8,20-21,25,33H,9-19H2,1-4H3,(H,29,37)(H,30,36)(H,31,35)(H,32,34)/t21-,25-/m0/s1. The first-order valence-electron chi connectivity index (χ1n) is 13.9. The molecule has 2 atom stereocenters. The van der Waals surface area contributed by atoms with Crippen molar-refractivity contribution in [3.63, 3.8) is 0 Å². The Labute approximate surface area is 247 Å². The van der Waals surface area contributed by atoms with Gasteiger partial charge in [-0.15, -0.1) is 0 Å². The molecule has 238 valence electrons. The van der Waals surface area contributed by atoms with Crippen molar-refractivity contribution in [3.8, 4) is 0 Å². The first-order chi connectivity index (χ1) is 20.2. The van der Waals surface area contributed by atoms with Crippen molar-refractivity contribution in [1.82, 2.24) is 16.0 Å². The zero-order valence-electron chi connectivity index (χ0n) is 24.9.